The van der Waals surface area contributed by atoms with E-state index in [2.05, 4.69) is 11.9 Å². The first-order valence-electron chi connectivity index (χ1n) is 4.92. The molecule has 1 aromatic heterocycles. The number of aromatic nitrogens is 1. The van der Waals surface area contributed by atoms with Crippen LogP contribution in [0.3, 0.4) is 0 Å². The normalized spacial score (nSPS) is 9.79. The third kappa shape index (κ3) is 3.83. The van der Waals surface area contributed by atoms with Crippen molar-refractivity contribution in [3.63, 3.8) is 0 Å². The highest BCUT2D eigenvalue weighted by molar-refractivity contribution is 7.80. The van der Waals surface area contributed by atoms with Crippen molar-refractivity contribution in [2.24, 2.45) is 0 Å². The Morgan fingerprint density at radius 3 is 2.93 bits per heavy atom. The summed E-state index contributed by atoms with van der Waals surface area (Å²) >= 11 is 5.09. The Hall–Kier alpha value is -0.960. The average Bonchev–Trinajstić information content (AvgIpc) is 2.25. The number of hydrogen-bond donors (Lipinski definition) is 0. The quantitative estimate of drug-likeness (QED) is 0.550. The molecule has 0 aromatic carbocycles. The van der Waals surface area contributed by atoms with Crippen LogP contribution in [-0.4, -0.2) is 16.6 Å². The lowest BCUT2D eigenvalue weighted by atomic mass is 10.3. The first-order chi connectivity index (χ1) is 6.84. The van der Waals surface area contributed by atoms with Crippen molar-refractivity contribution in [1.29, 1.82) is 0 Å². The Labute approximate surface area is 90.3 Å². The molecule has 3 heteroatoms. The van der Waals surface area contributed by atoms with E-state index in [0.717, 1.165) is 12.1 Å². The lowest BCUT2D eigenvalue weighted by Gasteiger charge is -2.05. The van der Waals surface area contributed by atoms with Crippen LogP contribution < -0.4 is 0 Å². The highest BCUT2D eigenvalue weighted by Gasteiger charge is 2.01. The van der Waals surface area contributed by atoms with Crippen molar-refractivity contribution in [2.45, 2.75) is 26.2 Å². The SMILES string of the molecule is CCCCCOC(=S)c1ccccn1. The number of rotatable bonds is 5. The molecule has 1 heterocycles. The van der Waals surface area contributed by atoms with Crippen LogP contribution in [0.4, 0.5) is 0 Å². The molecule has 0 radical (unpaired) electrons. The number of ether oxygens (including phenoxy) is 1. The van der Waals surface area contributed by atoms with Crippen molar-refractivity contribution < 1.29 is 4.74 Å². The van der Waals surface area contributed by atoms with Gasteiger partial charge in [0.1, 0.15) is 5.69 Å². The van der Waals surface area contributed by atoms with E-state index in [1.807, 2.05) is 18.2 Å². The average molecular weight is 209 g/mol. The van der Waals surface area contributed by atoms with E-state index in [9.17, 15) is 0 Å². The monoisotopic (exact) mass is 209 g/mol. The molecule has 0 fully saturated rings. The Bertz CT molecular complexity index is 274. The Balaban J connectivity index is 2.29. The van der Waals surface area contributed by atoms with Crippen molar-refractivity contribution in [3.05, 3.63) is 30.1 Å². The molecule has 0 aliphatic carbocycles. The predicted octanol–water partition coefficient (Wildman–Crippen LogP) is 2.96. The predicted molar refractivity (Wildman–Crippen MR) is 61.4 cm³/mol. The minimum absolute atomic E-state index is 0.502. The van der Waals surface area contributed by atoms with Crippen LogP contribution in [-0.2, 0) is 4.74 Å². The number of hydrogen-bond acceptors (Lipinski definition) is 3. The lowest BCUT2D eigenvalue weighted by Crippen LogP contribution is -2.06. The Kier molecular flexibility index (Phi) is 5.15. The maximum Gasteiger partial charge on any atom is 0.210 e. The van der Waals surface area contributed by atoms with E-state index >= 15 is 0 Å². The maximum absolute atomic E-state index is 5.40. The fourth-order valence-electron chi connectivity index (χ4n) is 1.07. The summed E-state index contributed by atoms with van der Waals surface area (Å²) in [5, 5.41) is 0.502. The number of thiocarbonyl (C=S) groups is 1. The molecule has 1 aromatic rings. The first-order valence-corrected chi connectivity index (χ1v) is 5.33. The van der Waals surface area contributed by atoms with Gasteiger partial charge in [-0.05, 0) is 30.8 Å². The van der Waals surface area contributed by atoms with Gasteiger partial charge in [0, 0.05) is 6.20 Å². The van der Waals surface area contributed by atoms with Crippen LogP contribution in [0, 0.1) is 0 Å². The van der Waals surface area contributed by atoms with Crippen molar-refractivity contribution in [1.82, 2.24) is 4.98 Å². The third-order valence-corrected chi connectivity index (χ3v) is 2.18. The van der Waals surface area contributed by atoms with Gasteiger partial charge in [-0.15, -0.1) is 0 Å². The standard InChI is InChI=1S/C11H15NOS/c1-2-3-6-9-13-11(14)10-7-4-5-8-12-10/h4-5,7-8H,2-3,6,9H2,1H3. The molecule has 0 aliphatic rings. The highest BCUT2D eigenvalue weighted by Crippen LogP contribution is 2.01. The van der Waals surface area contributed by atoms with E-state index in [0.29, 0.717) is 11.7 Å². The molecule has 14 heavy (non-hydrogen) atoms. The van der Waals surface area contributed by atoms with Gasteiger partial charge in [-0.3, -0.25) is 4.98 Å². The zero-order valence-electron chi connectivity index (χ0n) is 8.40. The van der Waals surface area contributed by atoms with Gasteiger partial charge in [0.25, 0.3) is 0 Å². The molecule has 0 amide bonds. The molecule has 0 bridgehead atoms. The van der Waals surface area contributed by atoms with Gasteiger partial charge in [-0.2, -0.15) is 0 Å². The summed E-state index contributed by atoms with van der Waals surface area (Å²) in [5.41, 5.74) is 0.749. The molecule has 0 spiro atoms. The zero-order chi connectivity index (χ0) is 10.2. The molecule has 0 saturated carbocycles. The first kappa shape index (κ1) is 11.1. The Morgan fingerprint density at radius 1 is 1.43 bits per heavy atom. The van der Waals surface area contributed by atoms with Gasteiger partial charge < -0.3 is 4.74 Å². The highest BCUT2D eigenvalue weighted by atomic mass is 32.1. The fraction of sp³-hybridized carbons (Fsp3) is 0.455. The summed E-state index contributed by atoms with van der Waals surface area (Å²) in [4.78, 5) is 4.11. The molecule has 0 atom stereocenters. The summed E-state index contributed by atoms with van der Waals surface area (Å²) < 4.78 is 5.40. The summed E-state index contributed by atoms with van der Waals surface area (Å²) in [6, 6.07) is 5.63. The van der Waals surface area contributed by atoms with Crippen LogP contribution in [0.15, 0.2) is 24.4 Å². The van der Waals surface area contributed by atoms with Gasteiger partial charge in [-0.1, -0.05) is 25.8 Å². The van der Waals surface area contributed by atoms with Crippen LogP contribution in [0.2, 0.25) is 0 Å². The van der Waals surface area contributed by atoms with Gasteiger partial charge in [0.2, 0.25) is 5.05 Å². The van der Waals surface area contributed by atoms with E-state index in [-0.39, 0.29) is 0 Å². The maximum atomic E-state index is 5.40. The van der Waals surface area contributed by atoms with Gasteiger partial charge >= 0.3 is 0 Å². The molecule has 0 unspecified atom stereocenters. The van der Waals surface area contributed by atoms with Crippen molar-refractivity contribution >= 4 is 17.3 Å². The molecule has 1 rings (SSSR count). The number of nitrogens with zero attached hydrogens (tertiary/aromatic N) is 1. The van der Waals surface area contributed by atoms with E-state index in [1.54, 1.807) is 6.20 Å². The molecule has 2 nitrogen and oxygen atoms in total. The molecule has 76 valence electrons. The second kappa shape index (κ2) is 6.49. The zero-order valence-corrected chi connectivity index (χ0v) is 9.22. The van der Waals surface area contributed by atoms with Gasteiger partial charge in [0.05, 0.1) is 6.61 Å². The second-order valence-corrected chi connectivity index (χ2v) is 3.43. The third-order valence-electron chi connectivity index (χ3n) is 1.86. The second-order valence-electron chi connectivity index (χ2n) is 3.06. The van der Waals surface area contributed by atoms with Crippen LogP contribution in [0.25, 0.3) is 0 Å². The van der Waals surface area contributed by atoms with Gasteiger partial charge in [0.15, 0.2) is 0 Å². The number of pyridine rings is 1. The van der Waals surface area contributed by atoms with E-state index in [1.165, 1.54) is 12.8 Å². The van der Waals surface area contributed by atoms with Gasteiger partial charge in [-0.25, -0.2) is 0 Å². The smallest absolute Gasteiger partial charge is 0.210 e. The molecule has 0 aliphatic heterocycles. The molecule has 0 N–H and O–H groups in total. The summed E-state index contributed by atoms with van der Waals surface area (Å²) in [6.07, 6.45) is 5.16. The van der Waals surface area contributed by atoms with E-state index in [4.69, 9.17) is 17.0 Å². The molecule has 0 saturated heterocycles. The summed E-state index contributed by atoms with van der Waals surface area (Å²) in [7, 11) is 0. The minimum Gasteiger partial charge on any atom is -0.482 e. The number of unbranched alkanes of at least 4 members (excludes halogenated alkanes) is 2. The van der Waals surface area contributed by atoms with Crippen molar-refractivity contribution in [2.75, 3.05) is 6.61 Å². The van der Waals surface area contributed by atoms with E-state index < -0.39 is 0 Å². The van der Waals surface area contributed by atoms with Crippen LogP contribution >= 0.6 is 12.2 Å². The molecular formula is C11H15NOS. The van der Waals surface area contributed by atoms with Crippen LogP contribution in [0.5, 0.6) is 0 Å². The van der Waals surface area contributed by atoms with Crippen molar-refractivity contribution in [3.8, 4) is 0 Å². The summed E-state index contributed by atoms with van der Waals surface area (Å²) in [6.45, 7) is 2.86. The minimum atomic E-state index is 0.502. The lowest BCUT2D eigenvalue weighted by molar-refractivity contribution is 0.301. The summed E-state index contributed by atoms with van der Waals surface area (Å²) in [5.74, 6) is 0. The largest absolute Gasteiger partial charge is 0.482 e. The molecular weight excluding hydrogens is 194 g/mol. The fourth-order valence-corrected chi connectivity index (χ4v) is 1.28. The Morgan fingerprint density at radius 2 is 2.29 bits per heavy atom. The van der Waals surface area contributed by atoms with Crippen LogP contribution in [0.1, 0.15) is 31.9 Å². The topological polar surface area (TPSA) is 22.1 Å².